The Morgan fingerprint density at radius 1 is 0.581 bits per heavy atom. The predicted molar refractivity (Wildman–Crippen MR) is 260 cm³/mol. The third-order valence-corrected chi connectivity index (χ3v) is 14.9. The standard InChI is InChI=1S/C55H95N3O4/c1-7-10-13-16-22-28-35-49-47(33-26-14-11-8-2)38-39-48(34-27-21-17-19-24-31-41-56-46(6)37-40-52(56)59)50(49)36-29-23-18-20-25-32-43-58-53(60)44-51(55(58)62)57(54(61)45(4)5)42-30-15-12-9-3/h37,40,47-51H,4,6-36,38-39,41-44H2,1-3,5H3. The molecule has 0 aromatic heterocycles. The average Bonchev–Trinajstić information content (AvgIpc) is 3.73. The van der Waals surface area contributed by atoms with Gasteiger partial charge in [0, 0.05) is 37.0 Å². The SMILES string of the molecule is C=C(C)C(=O)N(CCCCCC)C1CC(=O)N(CCCCCCCCC2C(CCCCCCCCN3C(=C)C=CC3=O)CCC(CCCCCC)C2CCCCCCCC)C1=O. The van der Waals surface area contributed by atoms with Crippen LogP contribution in [0.25, 0.3) is 0 Å². The maximum atomic E-state index is 13.5. The van der Waals surface area contributed by atoms with E-state index < -0.39 is 6.04 Å². The molecule has 3 aliphatic rings. The first-order chi connectivity index (χ1) is 30.1. The highest BCUT2D eigenvalue weighted by Crippen LogP contribution is 2.48. The van der Waals surface area contributed by atoms with Gasteiger partial charge in [0.05, 0.1) is 6.42 Å². The van der Waals surface area contributed by atoms with Crippen molar-refractivity contribution in [2.45, 2.75) is 246 Å². The summed E-state index contributed by atoms with van der Waals surface area (Å²) < 4.78 is 0. The van der Waals surface area contributed by atoms with E-state index in [1.54, 1.807) is 17.9 Å². The molecule has 354 valence electrons. The predicted octanol–water partition coefficient (Wildman–Crippen LogP) is 14.5. The summed E-state index contributed by atoms with van der Waals surface area (Å²) in [7, 11) is 0. The molecule has 0 aromatic rings. The number of allylic oxidation sites excluding steroid dienone is 1. The fourth-order valence-corrected chi connectivity index (χ4v) is 11.1. The summed E-state index contributed by atoms with van der Waals surface area (Å²) in [5, 5.41) is 0. The number of hydrogen-bond donors (Lipinski definition) is 0. The molecule has 2 heterocycles. The Morgan fingerprint density at radius 3 is 1.47 bits per heavy atom. The second kappa shape index (κ2) is 32.0. The molecule has 7 heteroatoms. The van der Waals surface area contributed by atoms with Gasteiger partial charge in [-0.3, -0.25) is 24.1 Å². The molecule has 2 fully saturated rings. The van der Waals surface area contributed by atoms with Crippen LogP contribution in [0.15, 0.2) is 36.6 Å². The monoisotopic (exact) mass is 862 g/mol. The molecule has 5 unspecified atom stereocenters. The van der Waals surface area contributed by atoms with Crippen LogP contribution in [0.5, 0.6) is 0 Å². The molecular formula is C55H95N3O4. The normalized spacial score (nSPS) is 21.5. The lowest BCUT2D eigenvalue weighted by atomic mass is 9.61. The molecule has 1 saturated heterocycles. The lowest BCUT2D eigenvalue weighted by Crippen LogP contribution is -2.46. The Kier molecular flexibility index (Phi) is 27.7. The van der Waals surface area contributed by atoms with E-state index in [1.807, 2.05) is 11.0 Å². The third kappa shape index (κ3) is 19.2. The zero-order valence-corrected chi connectivity index (χ0v) is 40.9. The van der Waals surface area contributed by atoms with Crippen molar-refractivity contribution in [1.29, 1.82) is 0 Å². The van der Waals surface area contributed by atoms with E-state index in [0.29, 0.717) is 18.7 Å². The highest BCUT2D eigenvalue weighted by Gasteiger charge is 2.43. The summed E-state index contributed by atoms with van der Waals surface area (Å²) in [5.74, 6) is 3.12. The van der Waals surface area contributed by atoms with E-state index in [2.05, 4.69) is 33.9 Å². The summed E-state index contributed by atoms with van der Waals surface area (Å²) in [5.41, 5.74) is 1.26. The molecule has 1 aliphatic carbocycles. The van der Waals surface area contributed by atoms with E-state index in [0.717, 1.165) is 87.3 Å². The Morgan fingerprint density at radius 2 is 1.00 bits per heavy atom. The Balaban J connectivity index is 1.49. The largest absolute Gasteiger partial charge is 0.326 e. The van der Waals surface area contributed by atoms with Gasteiger partial charge in [-0.2, -0.15) is 0 Å². The molecule has 2 aliphatic heterocycles. The molecule has 3 rings (SSSR count). The third-order valence-electron chi connectivity index (χ3n) is 14.9. The number of hydrogen-bond acceptors (Lipinski definition) is 4. The average molecular weight is 862 g/mol. The molecule has 7 nitrogen and oxygen atoms in total. The molecule has 62 heavy (non-hydrogen) atoms. The van der Waals surface area contributed by atoms with Gasteiger partial charge in [0.2, 0.25) is 11.8 Å². The lowest BCUT2D eigenvalue weighted by molar-refractivity contribution is -0.143. The second-order valence-electron chi connectivity index (χ2n) is 19.9. The Hall–Kier alpha value is -2.70. The number of amides is 4. The molecule has 0 N–H and O–H groups in total. The van der Waals surface area contributed by atoms with Crippen molar-refractivity contribution in [3.63, 3.8) is 0 Å². The van der Waals surface area contributed by atoms with Crippen molar-refractivity contribution in [3.05, 3.63) is 36.6 Å². The highest BCUT2D eigenvalue weighted by atomic mass is 16.2. The van der Waals surface area contributed by atoms with Crippen LogP contribution < -0.4 is 0 Å². The minimum Gasteiger partial charge on any atom is -0.326 e. The topological polar surface area (TPSA) is 78.0 Å². The van der Waals surface area contributed by atoms with Crippen molar-refractivity contribution in [1.82, 2.24) is 14.7 Å². The molecular weight excluding hydrogens is 767 g/mol. The fourth-order valence-electron chi connectivity index (χ4n) is 11.1. The molecule has 0 spiro atoms. The lowest BCUT2D eigenvalue weighted by Gasteiger charge is -2.44. The maximum Gasteiger partial charge on any atom is 0.252 e. The van der Waals surface area contributed by atoms with Gasteiger partial charge in [-0.25, -0.2) is 0 Å². The molecule has 0 bridgehead atoms. The van der Waals surface area contributed by atoms with Crippen molar-refractivity contribution in [2.24, 2.45) is 23.7 Å². The van der Waals surface area contributed by atoms with Crippen LogP contribution in [0, 0.1) is 23.7 Å². The first-order valence-electron chi connectivity index (χ1n) is 26.6. The molecule has 0 radical (unpaired) electrons. The minimum absolute atomic E-state index is 0.0880. The summed E-state index contributed by atoms with van der Waals surface area (Å²) in [6.07, 6.45) is 44.4. The van der Waals surface area contributed by atoms with Gasteiger partial charge in [-0.1, -0.05) is 194 Å². The number of nitrogens with zero attached hydrogens (tertiary/aromatic N) is 3. The van der Waals surface area contributed by atoms with Gasteiger partial charge in [0.15, 0.2) is 0 Å². The molecule has 1 saturated carbocycles. The van der Waals surface area contributed by atoms with Gasteiger partial charge in [-0.05, 0) is 81.6 Å². The second-order valence-corrected chi connectivity index (χ2v) is 19.9. The number of unbranched alkanes of at least 4 members (excludes halogenated alkanes) is 21. The van der Waals surface area contributed by atoms with Gasteiger partial charge >= 0.3 is 0 Å². The summed E-state index contributed by atoms with van der Waals surface area (Å²) in [4.78, 5) is 56.5. The van der Waals surface area contributed by atoms with Crippen LogP contribution in [0.3, 0.4) is 0 Å². The van der Waals surface area contributed by atoms with Crippen LogP contribution >= 0.6 is 0 Å². The van der Waals surface area contributed by atoms with Crippen LogP contribution in [-0.4, -0.2) is 64.0 Å². The van der Waals surface area contributed by atoms with Crippen LogP contribution in [0.2, 0.25) is 0 Å². The van der Waals surface area contributed by atoms with E-state index in [9.17, 15) is 19.2 Å². The van der Waals surface area contributed by atoms with E-state index in [1.165, 1.54) is 159 Å². The molecule has 4 amide bonds. The van der Waals surface area contributed by atoms with E-state index >= 15 is 0 Å². The number of likely N-dealkylation sites (tertiary alicyclic amines) is 1. The van der Waals surface area contributed by atoms with Crippen LogP contribution in [0.1, 0.15) is 240 Å². The van der Waals surface area contributed by atoms with E-state index in [-0.39, 0.29) is 30.0 Å². The number of carbonyl (C=O) groups is 4. The van der Waals surface area contributed by atoms with Crippen molar-refractivity contribution in [3.8, 4) is 0 Å². The quantitative estimate of drug-likeness (QED) is 0.0354. The molecule has 0 aromatic carbocycles. The van der Waals surface area contributed by atoms with Crippen molar-refractivity contribution in [2.75, 3.05) is 19.6 Å². The highest BCUT2D eigenvalue weighted by molar-refractivity contribution is 6.08. The number of rotatable bonds is 37. The Labute approximate surface area is 381 Å². The van der Waals surface area contributed by atoms with Gasteiger partial charge in [0.25, 0.3) is 11.8 Å². The first kappa shape index (κ1) is 53.6. The summed E-state index contributed by atoms with van der Waals surface area (Å²) in [6.45, 7) is 18.1. The van der Waals surface area contributed by atoms with Gasteiger partial charge in [-0.15, -0.1) is 0 Å². The maximum absolute atomic E-state index is 13.5. The van der Waals surface area contributed by atoms with Gasteiger partial charge < -0.3 is 9.80 Å². The van der Waals surface area contributed by atoms with Crippen LogP contribution in [-0.2, 0) is 19.2 Å². The zero-order chi connectivity index (χ0) is 45.0. The summed E-state index contributed by atoms with van der Waals surface area (Å²) >= 11 is 0. The minimum atomic E-state index is -0.680. The van der Waals surface area contributed by atoms with Crippen molar-refractivity contribution >= 4 is 23.6 Å². The molecule has 5 atom stereocenters. The number of carbonyl (C=O) groups excluding carboxylic acids is 4. The smallest absolute Gasteiger partial charge is 0.252 e. The zero-order valence-electron chi connectivity index (χ0n) is 40.9. The fraction of sp³-hybridized carbons (Fsp3) is 0.818. The number of imide groups is 1. The van der Waals surface area contributed by atoms with E-state index in [4.69, 9.17) is 0 Å². The first-order valence-corrected chi connectivity index (χ1v) is 26.6. The Bertz CT molecular complexity index is 1340. The van der Waals surface area contributed by atoms with Crippen LogP contribution in [0.4, 0.5) is 0 Å². The van der Waals surface area contributed by atoms with Crippen molar-refractivity contribution < 1.29 is 19.2 Å². The summed E-state index contributed by atoms with van der Waals surface area (Å²) in [6, 6.07) is -0.680. The van der Waals surface area contributed by atoms with Gasteiger partial charge in [0.1, 0.15) is 6.04 Å².